The summed E-state index contributed by atoms with van der Waals surface area (Å²) in [7, 11) is 0. The minimum Gasteiger partial charge on any atom is -0.329 e. The van der Waals surface area contributed by atoms with Crippen molar-refractivity contribution in [3.05, 3.63) is 0 Å². The average molecular weight is 166 g/mol. The van der Waals surface area contributed by atoms with Crippen molar-refractivity contribution in [3.8, 4) is 0 Å². The van der Waals surface area contributed by atoms with Gasteiger partial charge in [0, 0.05) is 24.7 Å². The Labute approximate surface area is 74.1 Å². The Morgan fingerprint density at radius 2 is 1.92 bits per heavy atom. The lowest BCUT2D eigenvalue weighted by atomic mass is 9.83. The van der Waals surface area contributed by atoms with Gasteiger partial charge < -0.3 is 5.73 Å². The molecule has 4 aliphatic rings. The van der Waals surface area contributed by atoms with Crippen LogP contribution in [0, 0.1) is 5.92 Å². The third-order valence-corrected chi connectivity index (χ3v) is 4.24. The van der Waals surface area contributed by atoms with Gasteiger partial charge >= 0.3 is 0 Å². The first-order valence-electron chi connectivity index (χ1n) is 5.37. The van der Waals surface area contributed by atoms with E-state index in [-0.39, 0.29) is 0 Å². The molecule has 2 aliphatic heterocycles. The van der Waals surface area contributed by atoms with Crippen molar-refractivity contribution < 1.29 is 0 Å². The summed E-state index contributed by atoms with van der Waals surface area (Å²) in [6, 6.07) is 2.63. The second-order valence-electron chi connectivity index (χ2n) is 4.72. The third kappa shape index (κ3) is 0.775. The van der Waals surface area contributed by atoms with Gasteiger partial charge in [0.05, 0.1) is 0 Å². The molecule has 2 N–H and O–H groups in total. The first-order chi connectivity index (χ1) is 5.90. The summed E-state index contributed by atoms with van der Waals surface area (Å²) in [5, 5.41) is 0. The minimum absolute atomic E-state index is 0.764. The van der Waals surface area contributed by atoms with Crippen molar-refractivity contribution in [2.45, 2.75) is 50.2 Å². The summed E-state index contributed by atoms with van der Waals surface area (Å²) in [5.41, 5.74) is 5.82. The van der Waals surface area contributed by atoms with Crippen LogP contribution in [0.3, 0.4) is 0 Å². The van der Waals surface area contributed by atoms with E-state index in [2.05, 4.69) is 4.90 Å². The highest BCUT2D eigenvalue weighted by atomic mass is 15.3. The molecule has 2 bridgehead atoms. The zero-order valence-electron chi connectivity index (χ0n) is 7.58. The summed E-state index contributed by atoms with van der Waals surface area (Å²) < 4.78 is 0. The summed E-state index contributed by atoms with van der Waals surface area (Å²) in [6.45, 7) is 0.900. The van der Waals surface area contributed by atoms with Crippen LogP contribution in [0.15, 0.2) is 0 Å². The Morgan fingerprint density at radius 3 is 2.42 bits per heavy atom. The fourth-order valence-electron chi connectivity index (χ4n) is 3.27. The Balaban J connectivity index is 1.75. The zero-order valence-corrected chi connectivity index (χ0v) is 7.58. The SMILES string of the molecule is NCC1C2CC(C2)N1C1CCC1. The molecule has 2 saturated heterocycles. The van der Waals surface area contributed by atoms with Gasteiger partial charge in [-0.3, -0.25) is 4.90 Å². The molecule has 0 aromatic carbocycles. The molecule has 0 spiro atoms. The van der Waals surface area contributed by atoms with Crippen molar-refractivity contribution in [1.82, 2.24) is 4.90 Å². The summed E-state index contributed by atoms with van der Waals surface area (Å²) in [4.78, 5) is 2.76. The lowest BCUT2D eigenvalue weighted by molar-refractivity contribution is 0.0965. The third-order valence-electron chi connectivity index (χ3n) is 4.24. The van der Waals surface area contributed by atoms with Gasteiger partial charge in [0.2, 0.25) is 0 Å². The maximum atomic E-state index is 5.82. The fourth-order valence-corrected chi connectivity index (χ4v) is 3.27. The highest BCUT2D eigenvalue weighted by molar-refractivity contribution is 5.07. The number of fused-ring (bicyclic) bond motifs is 1. The molecule has 0 amide bonds. The van der Waals surface area contributed by atoms with Gasteiger partial charge in [0.1, 0.15) is 0 Å². The van der Waals surface area contributed by atoms with Gasteiger partial charge in [0.15, 0.2) is 0 Å². The first-order valence-corrected chi connectivity index (χ1v) is 5.37. The van der Waals surface area contributed by atoms with E-state index in [0.717, 1.165) is 30.6 Å². The summed E-state index contributed by atoms with van der Waals surface area (Å²) in [6.07, 6.45) is 7.26. The average Bonchev–Trinajstić information content (AvgIpc) is 2.34. The van der Waals surface area contributed by atoms with E-state index < -0.39 is 0 Å². The number of rotatable bonds is 2. The molecule has 2 aliphatic carbocycles. The van der Waals surface area contributed by atoms with Crippen LogP contribution in [-0.2, 0) is 0 Å². The molecule has 4 rings (SSSR count). The maximum absolute atomic E-state index is 5.82. The van der Waals surface area contributed by atoms with E-state index in [1.165, 1.54) is 32.1 Å². The Hall–Kier alpha value is -0.0800. The van der Waals surface area contributed by atoms with Crippen LogP contribution >= 0.6 is 0 Å². The molecule has 2 nitrogen and oxygen atoms in total. The Morgan fingerprint density at radius 1 is 1.17 bits per heavy atom. The first kappa shape index (κ1) is 7.34. The molecule has 0 aromatic rings. The monoisotopic (exact) mass is 166 g/mol. The van der Waals surface area contributed by atoms with Crippen LogP contribution < -0.4 is 5.73 Å². The molecule has 0 radical (unpaired) electrons. The van der Waals surface area contributed by atoms with Gasteiger partial charge in [-0.05, 0) is 31.6 Å². The molecule has 2 heterocycles. The van der Waals surface area contributed by atoms with Crippen LogP contribution in [0.2, 0.25) is 0 Å². The summed E-state index contributed by atoms with van der Waals surface area (Å²) >= 11 is 0. The second-order valence-corrected chi connectivity index (χ2v) is 4.72. The Bertz CT molecular complexity index is 182. The van der Waals surface area contributed by atoms with Crippen molar-refractivity contribution in [1.29, 1.82) is 0 Å². The summed E-state index contributed by atoms with van der Waals surface area (Å²) in [5.74, 6) is 0.973. The lowest BCUT2D eigenvalue weighted by Crippen LogP contribution is -2.47. The standard InChI is InChI=1S/C10H18N2/c11-6-10-7-4-9(5-7)12(10)8-2-1-3-8/h7-10H,1-6,11H2. The molecule has 1 unspecified atom stereocenters. The molecule has 12 heavy (non-hydrogen) atoms. The van der Waals surface area contributed by atoms with Gasteiger partial charge in [-0.2, -0.15) is 0 Å². The van der Waals surface area contributed by atoms with Crippen LogP contribution in [0.1, 0.15) is 32.1 Å². The number of hydrogen-bond acceptors (Lipinski definition) is 2. The molecular weight excluding hydrogens is 148 g/mol. The van der Waals surface area contributed by atoms with Gasteiger partial charge in [0.25, 0.3) is 0 Å². The van der Waals surface area contributed by atoms with Gasteiger partial charge in [-0.15, -0.1) is 0 Å². The normalized spacial score (nSPS) is 47.2. The zero-order chi connectivity index (χ0) is 8.13. The quantitative estimate of drug-likeness (QED) is 0.662. The predicted molar refractivity (Wildman–Crippen MR) is 48.8 cm³/mol. The number of hydrogen-bond donors (Lipinski definition) is 1. The fraction of sp³-hybridized carbons (Fsp3) is 1.00. The minimum atomic E-state index is 0.764. The van der Waals surface area contributed by atoms with Gasteiger partial charge in [-0.25, -0.2) is 0 Å². The van der Waals surface area contributed by atoms with Crippen molar-refractivity contribution in [3.63, 3.8) is 0 Å². The molecule has 0 aromatic heterocycles. The topological polar surface area (TPSA) is 29.3 Å². The molecule has 68 valence electrons. The van der Waals surface area contributed by atoms with E-state index in [0.29, 0.717) is 0 Å². The highest BCUT2D eigenvalue weighted by Crippen LogP contribution is 2.49. The van der Waals surface area contributed by atoms with Crippen molar-refractivity contribution >= 4 is 0 Å². The number of nitrogens with two attached hydrogens (primary N) is 1. The lowest BCUT2D eigenvalue weighted by Gasteiger charge is -2.39. The van der Waals surface area contributed by atoms with E-state index in [9.17, 15) is 0 Å². The van der Waals surface area contributed by atoms with Crippen LogP contribution in [0.5, 0.6) is 0 Å². The smallest absolute Gasteiger partial charge is 0.0253 e. The maximum Gasteiger partial charge on any atom is 0.0253 e. The van der Waals surface area contributed by atoms with Crippen LogP contribution in [-0.4, -0.2) is 29.6 Å². The van der Waals surface area contributed by atoms with Crippen LogP contribution in [0.4, 0.5) is 0 Å². The van der Waals surface area contributed by atoms with Crippen molar-refractivity contribution in [2.24, 2.45) is 11.7 Å². The number of nitrogens with zero attached hydrogens (tertiary/aromatic N) is 1. The molecule has 2 heteroatoms. The van der Waals surface area contributed by atoms with E-state index in [1.54, 1.807) is 0 Å². The molecule has 1 atom stereocenters. The van der Waals surface area contributed by atoms with Crippen LogP contribution in [0.25, 0.3) is 0 Å². The van der Waals surface area contributed by atoms with Crippen molar-refractivity contribution in [2.75, 3.05) is 6.54 Å². The molecular formula is C10H18N2. The molecule has 2 saturated carbocycles. The second kappa shape index (κ2) is 2.46. The highest BCUT2D eigenvalue weighted by Gasteiger charge is 2.52. The van der Waals surface area contributed by atoms with E-state index in [1.807, 2.05) is 0 Å². The van der Waals surface area contributed by atoms with E-state index in [4.69, 9.17) is 5.73 Å². The van der Waals surface area contributed by atoms with E-state index >= 15 is 0 Å². The Kier molecular flexibility index (Phi) is 1.50. The van der Waals surface area contributed by atoms with Gasteiger partial charge in [-0.1, -0.05) is 6.42 Å². The molecule has 4 fully saturated rings. The predicted octanol–water partition coefficient (Wildman–Crippen LogP) is 0.960. The largest absolute Gasteiger partial charge is 0.329 e.